The predicted molar refractivity (Wildman–Crippen MR) is 461 cm³/mol. The Morgan fingerprint density at radius 1 is 0.289 bits per heavy atom. The van der Waals surface area contributed by atoms with Crippen LogP contribution in [0.5, 0.6) is 0 Å². The van der Waals surface area contributed by atoms with Crippen molar-refractivity contribution < 1.29 is 101 Å². The Morgan fingerprint density at radius 3 is 0.967 bits per heavy atom. The molecule has 0 saturated carbocycles. The van der Waals surface area contributed by atoms with E-state index >= 15 is 0 Å². The van der Waals surface area contributed by atoms with E-state index in [2.05, 4.69) is 187 Å². The van der Waals surface area contributed by atoms with Crippen LogP contribution >= 0.6 is 11.3 Å². The summed E-state index contributed by atoms with van der Waals surface area (Å²) in [6, 6.07) is 89.8. The average molecular weight is 2500 g/mol. The van der Waals surface area contributed by atoms with Crippen molar-refractivity contribution >= 4 is 126 Å². The molecule has 28 heteroatoms. The van der Waals surface area contributed by atoms with E-state index in [1.165, 1.54) is 0 Å². The molecule has 0 saturated heterocycles. The Balaban J connectivity index is 0.000000147. The molecule has 7 aromatic carbocycles. The number of pyridine rings is 2. The van der Waals surface area contributed by atoms with Crippen LogP contribution in [-0.2, 0) is 113 Å². The van der Waals surface area contributed by atoms with Crippen molar-refractivity contribution in [3.05, 3.63) is 372 Å². The molecule has 623 valence electrons. The third kappa shape index (κ3) is 21.2. The standard InChI is InChI=1S/C27H32N4.C19H16N4.2C16H11N5.C15H10N4S.5Ir/c1-26(2,3)17-22-23(18-27(4,5)6)29-25-24(28-22)30(20-13-9-7-10-14-20)19-31(25)21-15-11-8-12-16-21;1-14-15(2)21-19-18(20-14)22(16-9-5-3-6-10-16)13-23(19)17-11-7-4-8-12-17;1-2-6-13(7-3-1)20-12-21(14-8-4-5-9-17-14)16-15(20)18-10-11-19-16;1-2-5-13(6-3-1)20-12-21(14-7-4-8-17-11-14)16-15(20)18-9-10-19-16;1-2-5-12(6-3-1)18-11-19(13-7-4-10-20-13)15-14(18)16-8-9-17-15;;;;;/h7-15,19H,17-18H2,1-6H3;3-11,13H,1-2H3;1-6,8-12H;1-5,7-12H;1-5,7-11H;;;;;/q5*-2;;;;;. The first kappa shape index (κ1) is 90.9. The zero-order valence-corrected chi connectivity index (χ0v) is 79.6. The molecule has 22 nitrogen and oxygen atoms in total. The van der Waals surface area contributed by atoms with Gasteiger partial charge in [-0.2, -0.15) is 152 Å². The summed E-state index contributed by atoms with van der Waals surface area (Å²) in [7, 11) is 0. The number of hydrogen-bond acceptors (Lipinski definition) is 23. The van der Waals surface area contributed by atoms with Crippen molar-refractivity contribution in [3.63, 3.8) is 0 Å². The van der Waals surface area contributed by atoms with Crippen LogP contribution < -0.4 is 49.0 Å². The van der Waals surface area contributed by atoms with Crippen LogP contribution in [0.4, 0.5) is 114 Å². The molecular weight excluding hydrogens is 2420 g/mol. The van der Waals surface area contributed by atoms with Gasteiger partial charge in [-0.15, -0.1) is 73.1 Å². The van der Waals surface area contributed by atoms with Gasteiger partial charge in [0.2, 0.25) is 0 Å². The van der Waals surface area contributed by atoms with Gasteiger partial charge in [0.25, 0.3) is 0 Å². The third-order valence-corrected chi connectivity index (χ3v) is 19.4. The van der Waals surface area contributed by atoms with Crippen LogP contribution in [0.1, 0.15) is 64.3 Å². The number of rotatable bonds is 12. The largest absolute Gasteiger partial charge is 0.477 e. The third-order valence-electron chi connectivity index (χ3n) is 18.5. The SMILES string of the molecule is CC(C)(C)Cc1nc2c(nc1CC(C)(C)C)N(c1ccccc1)[CH-]N2c1[c-]cccc1.Cc1nc2c(nc1C)N(c1ccccc1)[CH-]N2c1[c-]cccc1.[Ir].[Ir].[Ir].[Ir].[Ir].[c-]1ccccc1N1[CH-]N(c2ccccn2)c2nccnc21.[c-]1ccccc1N1[CH-]N(c2cccnc2)c2nccnc21.[c-]1ccccc1N1[CH-]N(c2cccs2)c2nccnc21. The van der Waals surface area contributed by atoms with Crippen molar-refractivity contribution in [2.24, 2.45) is 10.8 Å². The van der Waals surface area contributed by atoms with Crippen molar-refractivity contribution in [2.75, 3.05) is 49.0 Å². The fraction of sp³-hybridized carbons (Fsp3) is 0.129. The minimum absolute atomic E-state index is 0. The zero-order chi connectivity index (χ0) is 79.5. The molecule has 121 heavy (non-hydrogen) atoms. The molecule has 0 aliphatic carbocycles. The van der Waals surface area contributed by atoms with Crippen molar-refractivity contribution in [1.82, 2.24) is 59.8 Å². The Hall–Kier alpha value is -10.8. The molecule has 5 aliphatic rings. The second-order valence-electron chi connectivity index (χ2n) is 29.4. The van der Waals surface area contributed by atoms with Gasteiger partial charge in [0.1, 0.15) is 64.0 Å². The molecule has 0 spiro atoms. The summed E-state index contributed by atoms with van der Waals surface area (Å²) in [5.74, 6) is 8.97. The molecule has 15 aromatic rings. The quantitative estimate of drug-likeness (QED) is 0.105. The zero-order valence-electron chi connectivity index (χ0n) is 66.9. The van der Waals surface area contributed by atoms with E-state index in [-0.39, 0.29) is 111 Å². The van der Waals surface area contributed by atoms with Crippen molar-refractivity contribution in [3.8, 4) is 0 Å². The minimum Gasteiger partial charge on any atom is -0.477 e. The average Bonchev–Trinajstić information content (AvgIpc) is 1.60. The van der Waals surface area contributed by atoms with Gasteiger partial charge in [0, 0.05) is 173 Å². The van der Waals surface area contributed by atoms with E-state index in [1.54, 1.807) is 67.1 Å². The maximum Gasteiger partial charge on any atom is 0.146 e. The predicted octanol–water partition coefficient (Wildman–Crippen LogP) is 21.1. The summed E-state index contributed by atoms with van der Waals surface area (Å²) in [5.41, 5.74) is 12.1. The van der Waals surface area contributed by atoms with Gasteiger partial charge in [-0.1, -0.05) is 84.0 Å². The second kappa shape index (κ2) is 41.6. The van der Waals surface area contributed by atoms with Gasteiger partial charge in [0.15, 0.2) is 0 Å². The Morgan fingerprint density at radius 2 is 0.612 bits per heavy atom. The normalized spacial score (nSPS) is 13.0. The number of nitrogens with zero attached hydrogens (tertiary/aromatic N) is 22. The maximum atomic E-state index is 5.23. The Bertz CT molecular complexity index is 5320. The summed E-state index contributed by atoms with van der Waals surface area (Å²) in [6.45, 7) is 27.5. The topological polar surface area (TPSA) is 187 Å². The van der Waals surface area contributed by atoms with Crippen LogP contribution in [0.15, 0.2) is 286 Å². The second-order valence-corrected chi connectivity index (χ2v) is 30.4. The van der Waals surface area contributed by atoms with E-state index in [9.17, 15) is 0 Å². The Kier molecular flexibility index (Phi) is 31.3. The van der Waals surface area contributed by atoms with Crippen molar-refractivity contribution in [1.29, 1.82) is 0 Å². The van der Waals surface area contributed by atoms with E-state index in [0.29, 0.717) is 0 Å². The van der Waals surface area contributed by atoms with Gasteiger partial charge < -0.3 is 49.0 Å². The van der Waals surface area contributed by atoms with E-state index in [4.69, 9.17) is 19.9 Å². The number of para-hydroxylation sites is 7. The maximum absolute atomic E-state index is 5.23. The summed E-state index contributed by atoms with van der Waals surface area (Å²) < 4.78 is 0. The van der Waals surface area contributed by atoms with E-state index < -0.39 is 0 Å². The molecule has 20 rings (SSSR count). The molecule has 13 heterocycles. The summed E-state index contributed by atoms with van der Waals surface area (Å²) in [5, 5.41) is 3.17. The molecule has 0 fully saturated rings. The first-order valence-corrected chi connectivity index (χ1v) is 38.7. The summed E-state index contributed by atoms with van der Waals surface area (Å²) in [4.78, 5) is 75.4. The summed E-state index contributed by atoms with van der Waals surface area (Å²) >= 11 is 1.67. The van der Waals surface area contributed by atoms with Crippen LogP contribution in [-0.4, -0.2) is 59.8 Å². The number of aryl methyl sites for hydroxylation is 2. The van der Waals surface area contributed by atoms with Crippen LogP contribution in [0.25, 0.3) is 0 Å². The van der Waals surface area contributed by atoms with Crippen LogP contribution in [0.3, 0.4) is 0 Å². The Labute approximate surface area is 779 Å². The summed E-state index contributed by atoms with van der Waals surface area (Å²) in [6.07, 6.45) is 17.2. The first-order chi connectivity index (χ1) is 56.6. The van der Waals surface area contributed by atoms with Crippen LogP contribution in [0, 0.1) is 88.4 Å². The first-order valence-electron chi connectivity index (χ1n) is 37.8. The number of benzene rings is 7. The van der Waals surface area contributed by atoms with Gasteiger partial charge in [0.05, 0.1) is 27.8 Å². The fourth-order valence-corrected chi connectivity index (χ4v) is 13.8. The number of thiophene rings is 1. The van der Waals surface area contributed by atoms with Gasteiger partial charge in [-0.3, -0.25) is 4.98 Å². The number of anilines is 20. The van der Waals surface area contributed by atoms with Crippen molar-refractivity contribution in [2.45, 2.75) is 68.2 Å². The molecule has 5 aliphatic heterocycles. The number of fused-ring (bicyclic) bond motifs is 5. The molecule has 5 radical (unpaired) electrons. The number of hydrogen-bond donors (Lipinski definition) is 0. The van der Waals surface area contributed by atoms with E-state index in [1.807, 2.05) is 251 Å². The molecule has 0 unspecified atom stereocenters. The van der Waals surface area contributed by atoms with Gasteiger partial charge in [-0.25, -0.2) is 54.8 Å². The number of aromatic nitrogens is 12. The molecule has 0 N–H and O–H groups in total. The van der Waals surface area contributed by atoms with Gasteiger partial charge >= 0.3 is 0 Å². The monoisotopic (exact) mass is 2500 g/mol. The van der Waals surface area contributed by atoms with Crippen LogP contribution in [0.2, 0.25) is 0 Å². The molecular formula is C93H80Ir5N22S-10. The smallest absolute Gasteiger partial charge is 0.146 e. The minimum atomic E-state index is 0. The molecule has 8 aromatic heterocycles. The van der Waals surface area contributed by atoms with Gasteiger partial charge in [-0.05, 0) is 104 Å². The fourth-order valence-electron chi connectivity index (χ4n) is 13.1. The molecule has 0 amide bonds. The molecule has 0 bridgehead atoms. The molecule has 0 atom stereocenters. The van der Waals surface area contributed by atoms with E-state index in [0.717, 1.165) is 150 Å².